The van der Waals surface area contributed by atoms with Crippen LogP contribution in [0.1, 0.15) is 12.0 Å². The lowest BCUT2D eigenvalue weighted by atomic mass is 10.2. The Bertz CT molecular complexity index is 723. The van der Waals surface area contributed by atoms with E-state index in [-0.39, 0.29) is 5.91 Å². The van der Waals surface area contributed by atoms with E-state index in [1.807, 2.05) is 11.0 Å². The van der Waals surface area contributed by atoms with Gasteiger partial charge in [0, 0.05) is 57.1 Å². The minimum atomic E-state index is 0.260. The quantitative estimate of drug-likeness (QED) is 0.860. The Balaban J connectivity index is 1.27. The molecule has 130 valence electrons. The number of benzene rings is 2. The molecule has 0 saturated carbocycles. The molecule has 0 unspecified atom stereocenters. The highest BCUT2D eigenvalue weighted by molar-refractivity contribution is 5.95. The average Bonchev–Trinajstić information content (AvgIpc) is 3.11. The highest BCUT2D eigenvalue weighted by Crippen LogP contribution is 2.28. The lowest BCUT2D eigenvalue weighted by Gasteiger charge is -2.36. The molecule has 4 rings (SSSR count). The Morgan fingerprint density at radius 2 is 1.56 bits per heavy atom. The van der Waals surface area contributed by atoms with Crippen LogP contribution in [0.5, 0.6) is 0 Å². The van der Waals surface area contributed by atoms with E-state index in [9.17, 15) is 4.79 Å². The number of carbonyl (C=O) groups is 1. The molecule has 0 spiro atoms. The van der Waals surface area contributed by atoms with Gasteiger partial charge >= 0.3 is 0 Å². The topological polar surface area (TPSA) is 26.8 Å². The van der Waals surface area contributed by atoms with E-state index in [0.29, 0.717) is 6.42 Å². The van der Waals surface area contributed by atoms with Crippen LogP contribution >= 0.6 is 0 Å². The molecule has 2 aliphatic rings. The number of anilines is 2. The van der Waals surface area contributed by atoms with Crippen LogP contribution in [0, 0.1) is 0 Å². The number of para-hydroxylation sites is 2. The predicted octanol–water partition coefficient (Wildman–Crippen LogP) is 2.79. The average molecular weight is 335 g/mol. The van der Waals surface area contributed by atoms with Gasteiger partial charge in [-0.2, -0.15) is 0 Å². The minimum absolute atomic E-state index is 0.260. The van der Waals surface area contributed by atoms with E-state index < -0.39 is 0 Å². The van der Waals surface area contributed by atoms with Gasteiger partial charge in [0.1, 0.15) is 0 Å². The van der Waals surface area contributed by atoms with Crippen LogP contribution in [0.25, 0.3) is 0 Å². The number of hydrogen-bond donors (Lipinski definition) is 0. The first-order chi connectivity index (χ1) is 12.3. The molecule has 25 heavy (non-hydrogen) atoms. The van der Waals surface area contributed by atoms with Crippen molar-refractivity contribution < 1.29 is 4.79 Å². The molecule has 1 amide bonds. The number of amides is 1. The largest absolute Gasteiger partial charge is 0.369 e. The van der Waals surface area contributed by atoms with Crippen LogP contribution in [-0.2, 0) is 11.2 Å². The van der Waals surface area contributed by atoms with Crippen LogP contribution in [-0.4, -0.2) is 50.1 Å². The Morgan fingerprint density at radius 1 is 0.840 bits per heavy atom. The molecule has 4 nitrogen and oxygen atoms in total. The second-order valence-corrected chi connectivity index (χ2v) is 6.84. The fraction of sp³-hybridized carbons (Fsp3) is 0.381. The van der Waals surface area contributed by atoms with Crippen LogP contribution < -0.4 is 9.80 Å². The van der Waals surface area contributed by atoms with Crippen molar-refractivity contribution in [3.8, 4) is 0 Å². The molecule has 1 fully saturated rings. The second kappa shape index (κ2) is 7.28. The Morgan fingerprint density at radius 3 is 2.36 bits per heavy atom. The summed E-state index contributed by atoms with van der Waals surface area (Å²) >= 11 is 0. The van der Waals surface area contributed by atoms with Gasteiger partial charge in [-0.3, -0.25) is 9.69 Å². The van der Waals surface area contributed by atoms with Gasteiger partial charge < -0.3 is 9.80 Å². The molecular weight excluding hydrogens is 310 g/mol. The number of rotatable bonds is 4. The SMILES string of the molecule is O=C(CCN1CCN(c2ccccc2)CC1)N1CCc2ccccc21. The third-order valence-electron chi connectivity index (χ3n) is 5.32. The smallest absolute Gasteiger partial charge is 0.228 e. The van der Waals surface area contributed by atoms with Crippen molar-refractivity contribution in [2.24, 2.45) is 0 Å². The highest BCUT2D eigenvalue weighted by atomic mass is 16.2. The van der Waals surface area contributed by atoms with E-state index >= 15 is 0 Å². The van der Waals surface area contributed by atoms with E-state index in [1.54, 1.807) is 0 Å². The van der Waals surface area contributed by atoms with E-state index in [1.165, 1.54) is 11.3 Å². The van der Waals surface area contributed by atoms with Crippen molar-refractivity contribution >= 4 is 17.3 Å². The van der Waals surface area contributed by atoms with Gasteiger partial charge in [-0.15, -0.1) is 0 Å². The lowest BCUT2D eigenvalue weighted by molar-refractivity contribution is -0.118. The summed E-state index contributed by atoms with van der Waals surface area (Å²) in [5.74, 6) is 0.260. The third kappa shape index (κ3) is 3.54. The first-order valence-electron chi connectivity index (χ1n) is 9.22. The van der Waals surface area contributed by atoms with Crippen molar-refractivity contribution in [3.05, 3.63) is 60.2 Å². The van der Waals surface area contributed by atoms with Crippen molar-refractivity contribution in [3.63, 3.8) is 0 Å². The number of nitrogens with zero attached hydrogens (tertiary/aromatic N) is 3. The third-order valence-corrected chi connectivity index (χ3v) is 5.32. The predicted molar refractivity (Wildman–Crippen MR) is 102 cm³/mol. The van der Waals surface area contributed by atoms with Crippen LogP contribution in [0.2, 0.25) is 0 Å². The normalized spacial score (nSPS) is 17.6. The van der Waals surface area contributed by atoms with Crippen molar-refractivity contribution in [1.82, 2.24) is 4.90 Å². The summed E-state index contributed by atoms with van der Waals surface area (Å²) in [4.78, 5) is 19.4. The summed E-state index contributed by atoms with van der Waals surface area (Å²) in [7, 11) is 0. The van der Waals surface area contributed by atoms with Gasteiger partial charge in [0.2, 0.25) is 5.91 Å². The zero-order valence-electron chi connectivity index (χ0n) is 14.6. The van der Waals surface area contributed by atoms with Gasteiger partial charge in [-0.05, 0) is 30.2 Å². The standard InChI is InChI=1S/C21H25N3O/c25-21(24-13-10-18-6-4-5-9-20(18)24)11-12-22-14-16-23(17-15-22)19-7-2-1-3-8-19/h1-9H,10-17H2. The molecule has 1 saturated heterocycles. The summed E-state index contributed by atoms with van der Waals surface area (Å²) in [6.45, 7) is 5.81. The van der Waals surface area contributed by atoms with Crippen molar-refractivity contribution in [1.29, 1.82) is 0 Å². The monoisotopic (exact) mass is 335 g/mol. The molecule has 0 radical (unpaired) electrons. The van der Waals surface area contributed by atoms with Crippen LogP contribution in [0.15, 0.2) is 54.6 Å². The fourth-order valence-corrected chi connectivity index (χ4v) is 3.85. The van der Waals surface area contributed by atoms with Gasteiger partial charge in [-0.25, -0.2) is 0 Å². The van der Waals surface area contributed by atoms with Gasteiger partial charge in [-0.1, -0.05) is 36.4 Å². The first-order valence-corrected chi connectivity index (χ1v) is 9.22. The zero-order chi connectivity index (χ0) is 17.1. The number of hydrogen-bond acceptors (Lipinski definition) is 3. The maximum absolute atomic E-state index is 12.6. The Labute approximate surface area is 149 Å². The second-order valence-electron chi connectivity index (χ2n) is 6.84. The molecular formula is C21H25N3O. The Hall–Kier alpha value is -2.33. The molecule has 0 aromatic heterocycles. The molecule has 0 aliphatic carbocycles. The highest BCUT2D eigenvalue weighted by Gasteiger charge is 2.25. The molecule has 2 aromatic rings. The van der Waals surface area contributed by atoms with Crippen molar-refractivity contribution in [2.75, 3.05) is 49.1 Å². The summed E-state index contributed by atoms with van der Waals surface area (Å²) in [6.07, 6.45) is 1.59. The molecule has 0 bridgehead atoms. The van der Waals surface area contributed by atoms with Gasteiger partial charge in [0.15, 0.2) is 0 Å². The molecule has 0 atom stereocenters. The number of carbonyl (C=O) groups excluding carboxylic acids is 1. The summed E-state index contributed by atoms with van der Waals surface area (Å²) in [5.41, 5.74) is 3.71. The van der Waals surface area contributed by atoms with Crippen LogP contribution in [0.4, 0.5) is 11.4 Å². The summed E-state index contributed by atoms with van der Waals surface area (Å²) in [5, 5.41) is 0. The molecule has 2 aliphatic heterocycles. The molecule has 2 aromatic carbocycles. The maximum atomic E-state index is 12.6. The molecule has 0 N–H and O–H groups in total. The first kappa shape index (κ1) is 16.2. The summed E-state index contributed by atoms with van der Waals surface area (Å²) < 4.78 is 0. The number of fused-ring (bicyclic) bond motifs is 1. The fourth-order valence-electron chi connectivity index (χ4n) is 3.85. The maximum Gasteiger partial charge on any atom is 0.228 e. The lowest BCUT2D eigenvalue weighted by Crippen LogP contribution is -2.47. The summed E-state index contributed by atoms with van der Waals surface area (Å²) in [6, 6.07) is 18.9. The van der Waals surface area contributed by atoms with Gasteiger partial charge in [0.05, 0.1) is 0 Å². The van der Waals surface area contributed by atoms with E-state index in [4.69, 9.17) is 0 Å². The minimum Gasteiger partial charge on any atom is -0.369 e. The van der Waals surface area contributed by atoms with Gasteiger partial charge in [0.25, 0.3) is 0 Å². The van der Waals surface area contributed by atoms with Crippen LogP contribution in [0.3, 0.4) is 0 Å². The molecule has 2 heterocycles. The molecule has 4 heteroatoms. The number of piperazine rings is 1. The van der Waals surface area contributed by atoms with E-state index in [0.717, 1.165) is 51.4 Å². The van der Waals surface area contributed by atoms with Crippen molar-refractivity contribution in [2.45, 2.75) is 12.8 Å². The zero-order valence-corrected chi connectivity index (χ0v) is 14.6. The Kier molecular flexibility index (Phi) is 4.70. The van der Waals surface area contributed by atoms with E-state index in [2.05, 4.69) is 58.3 Å².